The van der Waals surface area contributed by atoms with Gasteiger partial charge in [-0.3, -0.25) is 4.79 Å². The molecule has 0 spiro atoms. The van der Waals surface area contributed by atoms with E-state index in [1.54, 1.807) is 18.2 Å². The van der Waals surface area contributed by atoms with Gasteiger partial charge in [0.1, 0.15) is 5.75 Å². The van der Waals surface area contributed by atoms with E-state index in [2.05, 4.69) is 14.8 Å². The van der Waals surface area contributed by atoms with Crippen molar-refractivity contribution < 1.29 is 27.8 Å². The Labute approximate surface area is 137 Å². The summed E-state index contributed by atoms with van der Waals surface area (Å²) in [6.45, 7) is -2.89. The van der Waals surface area contributed by atoms with Crippen LogP contribution >= 0.6 is 0 Å². The molecule has 5 nitrogen and oxygen atoms in total. The third-order valence-electron chi connectivity index (χ3n) is 3.08. The van der Waals surface area contributed by atoms with Crippen LogP contribution in [0.4, 0.5) is 14.5 Å². The Morgan fingerprint density at radius 1 is 1.12 bits per heavy atom. The molecule has 0 bridgehead atoms. The lowest BCUT2D eigenvalue weighted by Gasteiger charge is -2.08. The van der Waals surface area contributed by atoms with E-state index in [9.17, 15) is 18.4 Å². The van der Waals surface area contributed by atoms with Crippen molar-refractivity contribution in [2.45, 2.75) is 13.0 Å². The number of amides is 1. The molecule has 1 N–H and O–H groups in total. The summed E-state index contributed by atoms with van der Waals surface area (Å²) in [5, 5.41) is 2.66. The summed E-state index contributed by atoms with van der Waals surface area (Å²) < 4.78 is 33.0. The molecule has 2 rings (SSSR count). The molecule has 7 heteroatoms. The summed E-state index contributed by atoms with van der Waals surface area (Å²) in [5.41, 5.74) is 1.42. The SMILES string of the molecule is COC(=O)c1cccc(NC(=O)Cc2ccc(OC(F)F)cc2)c1. The van der Waals surface area contributed by atoms with E-state index in [-0.39, 0.29) is 18.1 Å². The van der Waals surface area contributed by atoms with Crippen molar-refractivity contribution in [3.8, 4) is 5.75 Å². The van der Waals surface area contributed by atoms with Crippen LogP contribution in [0.2, 0.25) is 0 Å². The van der Waals surface area contributed by atoms with Crippen LogP contribution < -0.4 is 10.1 Å². The highest BCUT2D eigenvalue weighted by molar-refractivity contribution is 5.95. The van der Waals surface area contributed by atoms with Crippen molar-refractivity contribution in [3.63, 3.8) is 0 Å². The van der Waals surface area contributed by atoms with Gasteiger partial charge in [0.05, 0.1) is 19.1 Å². The zero-order valence-corrected chi connectivity index (χ0v) is 12.8. The Morgan fingerprint density at radius 2 is 1.83 bits per heavy atom. The number of hydrogen-bond acceptors (Lipinski definition) is 4. The van der Waals surface area contributed by atoms with Gasteiger partial charge < -0.3 is 14.8 Å². The lowest BCUT2D eigenvalue weighted by molar-refractivity contribution is -0.115. The fourth-order valence-corrected chi connectivity index (χ4v) is 2.02. The number of anilines is 1. The van der Waals surface area contributed by atoms with Gasteiger partial charge in [0.25, 0.3) is 0 Å². The zero-order valence-electron chi connectivity index (χ0n) is 12.8. The van der Waals surface area contributed by atoms with Crippen LogP contribution in [0, 0.1) is 0 Å². The monoisotopic (exact) mass is 335 g/mol. The number of carbonyl (C=O) groups excluding carboxylic acids is 2. The fraction of sp³-hybridized carbons (Fsp3) is 0.176. The first-order valence-electron chi connectivity index (χ1n) is 7.00. The van der Waals surface area contributed by atoms with Gasteiger partial charge in [0.15, 0.2) is 0 Å². The maximum absolute atomic E-state index is 12.1. The molecular weight excluding hydrogens is 320 g/mol. The number of carbonyl (C=O) groups is 2. The minimum absolute atomic E-state index is 0.0277. The molecule has 126 valence electrons. The maximum atomic E-state index is 12.1. The lowest BCUT2D eigenvalue weighted by Crippen LogP contribution is -2.15. The first-order chi connectivity index (χ1) is 11.5. The van der Waals surface area contributed by atoms with Crippen molar-refractivity contribution in [3.05, 3.63) is 59.7 Å². The number of nitrogens with one attached hydrogen (secondary N) is 1. The van der Waals surface area contributed by atoms with E-state index in [4.69, 9.17) is 0 Å². The average Bonchev–Trinajstić information content (AvgIpc) is 2.55. The topological polar surface area (TPSA) is 64.6 Å². The molecule has 24 heavy (non-hydrogen) atoms. The van der Waals surface area contributed by atoms with Gasteiger partial charge in [-0.15, -0.1) is 0 Å². The van der Waals surface area contributed by atoms with Gasteiger partial charge >= 0.3 is 12.6 Å². The number of halogens is 2. The molecule has 0 aliphatic heterocycles. The highest BCUT2D eigenvalue weighted by Crippen LogP contribution is 2.16. The van der Waals surface area contributed by atoms with Crippen molar-refractivity contribution in [2.75, 3.05) is 12.4 Å². The van der Waals surface area contributed by atoms with E-state index in [1.807, 2.05) is 0 Å². The van der Waals surface area contributed by atoms with E-state index < -0.39 is 12.6 Å². The standard InChI is InChI=1S/C17H15F2NO4/c1-23-16(22)12-3-2-4-13(10-12)20-15(21)9-11-5-7-14(8-6-11)24-17(18)19/h2-8,10,17H,9H2,1H3,(H,20,21). The Balaban J connectivity index is 1.97. The van der Waals surface area contributed by atoms with Crippen molar-refractivity contribution in [1.82, 2.24) is 0 Å². The molecule has 0 saturated heterocycles. The summed E-state index contributed by atoms with van der Waals surface area (Å²) in [6, 6.07) is 12.1. The van der Waals surface area contributed by atoms with Gasteiger partial charge in [0, 0.05) is 5.69 Å². The second kappa shape index (κ2) is 8.05. The van der Waals surface area contributed by atoms with Crippen molar-refractivity contribution in [2.24, 2.45) is 0 Å². The molecular formula is C17H15F2NO4. The Kier molecular flexibility index (Phi) is 5.83. The van der Waals surface area contributed by atoms with Crippen LogP contribution in [0.15, 0.2) is 48.5 Å². The summed E-state index contributed by atoms with van der Waals surface area (Å²) in [5.74, 6) is -0.778. The van der Waals surface area contributed by atoms with Crippen LogP contribution in [-0.4, -0.2) is 25.6 Å². The summed E-state index contributed by atoms with van der Waals surface area (Å²) >= 11 is 0. The molecule has 0 radical (unpaired) electrons. The highest BCUT2D eigenvalue weighted by Gasteiger charge is 2.09. The minimum Gasteiger partial charge on any atom is -0.465 e. The zero-order chi connectivity index (χ0) is 17.5. The minimum atomic E-state index is -2.89. The molecule has 0 saturated carbocycles. The smallest absolute Gasteiger partial charge is 0.387 e. The van der Waals surface area contributed by atoms with Gasteiger partial charge in [-0.25, -0.2) is 4.79 Å². The Morgan fingerprint density at radius 3 is 2.46 bits per heavy atom. The van der Waals surface area contributed by atoms with E-state index in [1.165, 1.54) is 37.4 Å². The first kappa shape index (κ1) is 17.4. The average molecular weight is 335 g/mol. The quantitative estimate of drug-likeness (QED) is 0.823. The van der Waals surface area contributed by atoms with Gasteiger partial charge in [0.2, 0.25) is 5.91 Å². The Hall–Kier alpha value is -2.96. The van der Waals surface area contributed by atoms with Crippen molar-refractivity contribution in [1.29, 1.82) is 0 Å². The first-order valence-corrected chi connectivity index (χ1v) is 7.00. The molecule has 0 unspecified atom stereocenters. The summed E-state index contributed by atoms with van der Waals surface area (Å²) in [4.78, 5) is 23.5. The number of ether oxygens (including phenoxy) is 2. The van der Waals surface area contributed by atoms with E-state index >= 15 is 0 Å². The number of hydrogen-bond donors (Lipinski definition) is 1. The Bertz CT molecular complexity index is 717. The van der Waals surface area contributed by atoms with E-state index in [0.717, 1.165) is 0 Å². The second-order valence-corrected chi connectivity index (χ2v) is 4.82. The fourth-order valence-electron chi connectivity index (χ4n) is 2.02. The molecule has 0 aromatic heterocycles. The lowest BCUT2D eigenvalue weighted by atomic mass is 10.1. The molecule has 0 fully saturated rings. The van der Waals surface area contributed by atoms with Crippen LogP contribution in [-0.2, 0) is 16.0 Å². The molecule has 2 aromatic carbocycles. The van der Waals surface area contributed by atoms with Gasteiger partial charge in [-0.2, -0.15) is 8.78 Å². The third-order valence-corrected chi connectivity index (χ3v) is 3.08. The largest absolute Gasteiger partial charge is 0.465 e. The summed E-state index contributed by atoms with van der Waals surface area (Å²) in [7, 11) is 1.27. The normalized spacial score (nSPS) is 10.3. The molecule has 2 aromatic rings. The molecule has 0 aliphatic rings. The van der Waals surface area contributed by atoms with Crippen LogP contribution in [0.1, 0.15) is 15.9 Å². The molecule has 0 atom stereocenters. The van der Waals surface area contributed by atoms with Crippen molar-refractivity contribution >= 4 is 17.6 Å². The number of methoxy groups -OCH3 is 1. The molecule has 0 heterocycles. The third kappa shape index (κ3) is 5.05. The van der Waals surface area contributed by atoms with Gasteiger partial charge in [-0.1, -0.05) is 18.2 Å². The van der Waals surface area contributed by atoms with Gasteiger partial charge in [-0.05, 0) is 35.9 Å². The number of benzene rings is 2. The number of esters is 1. The molecule has 0 aliphatic carbocycles. The van der Waals surface area contributed by atoms with Crippen LogP contribution in [0.5, 0.6) is 5.75 Å². The second-order valence-electron chi connectivity index (χ2n) is 4.82. The van der Waals surface area contributed by atoms with Crippen LogP contribution in [0.3, 0.4) is 0 Å². The van der Waals surface area contributed by atoms with Crippen LogP contribution in [0.25, 0.3) is 0 Å². The molecule has 1 amide bonds. The maximum Gasteiger partial charge on any atom is 0.387 e. The number of rotatable bonds is 6. The number of alkyl halides is 2. The predicted molar refractivity (Wildman–Crippen MR) is 83.2 cm³/mol. The van der Waals surface area contributed by atoms with E-state index in [0.29, 0.717) is 16.8 Å². The summed E-state index contributed by atoms with van der Waals surface area (Å²) in [6.07, 6.45) is 0.0530. The highest BCUT2D eigenvalue weighted by atomic mass is 19.3. The predicted octanol–water partition coefficient (Wildman–Crippen LogP) is 3.26.